The number of carbonyl (C=O) groups is 1. The minimum Gasteiger partial charge on any atom is -0.466 e. The first-order chi connectivity index (χ1) is 7.22. The van der Waals surface area contributed by atoms with E-state index in [9.17, 15) is 4.79 Å². The van der Waals surface area contributed by atoms with Gasteiger partial charge < -0.3 is 4.74 Å². The fourth-order valence-corrected chi connectivity index (χ4v) is 1.16. The van der Waals surface area contributed by atoms with Crippen LogP contribution in [0.25, 0.3) is 0 Å². The number of unbranched alkanes of at least 4 members (excludes halogenated alkanes) is 1. The van der Waals surface area contributed by atoms with Crippen LogP contribution in [0.15, 0.2) is 0 Å². The van der Waals surface area contributed by atoms with Crippen LogP contribution < -0.4 is 0 Å². The van der Waals surface area contributed by atoms with Gasteiger partial charge in [-0.1, -0.05) is 13.3 Å². The van der Waals surface area contributed by atoms with Gasteiger partial charge in [-0.3, -0.25) is 4.79 Å². The van der Waals surface area contributed by atoms with E-state index >= 15 is 0 Å². The Hall–Kier alpha value is -0.610. The lowest BCUT2D eigenvalue weighted by Crippen LogP contribution is -2.14. The second-order valence-electron chi connectivity index (χ2n) is 3.38. The predicted octanol–water partition coefficient (Wildman–Crippen LogP) is 2.32. The maximum atomic E-state index is 11.2. The molecule has 0 saturated carbocycles. The fourth-order valence-electron chi connectivity index (χ4n) is 1.16. The van der Waals surface area contributed by atoms with Crippen molar-refractivity contribution < 1.29 is 19.3 Å². The summed E-state index contributed by atoms with van der Waals surface area (Å²) in [7, 11) is 0. The van der Waals surface area contributed by atoms with Gasteiger partial charge in [0, 0.05) is 0 Å². The highest BCUT2D eigenvalue weighted by Crippen LogP contribution is 2.09. The van der Waals surface area contributed by atoms with Crippen LogP contribution in [-0.4, -0.2) is 25.8 Å². The van der Waals surface area contributed by atoms with E-state index in [1.54, 1.807) is 0 Å². The highest BCUT2D eigenvalue weighted by molar-refractivity contribution is 5.71. The Morgan fingerprint density at radius 2 is 1.87 bits per heavy atom. The Kier molecular flexibility index (Phi) is 9.52. The molecule has 0 aromatic heterocycles. The number of ether oxygens (including phenoxy) is 1. The van der Waals surface area contributed by atoms with Crippen molar-refractivity contribution in [3.63, 3.8) is 0 Å². The van der Waals surface area contributed by atoms with Gasteiger partial charge in [0.05, 0.1) is 25.7 Å². The molecule has 0 aromatic carbocycles. The first-order valence-electron chi connectivity index (χ1n) is 5.63. The quantitative estimate of drug-likeness (QED) is 0.258. The van der Waals surface area contributed by atoms with Crippen molar-refractivity contribution in [2.75, 3.05) is 19.8 Å². The van der Waals surface area contributed by atoms with E-state index < -0.39 is 0 Å². The zero-order valence-corrected chi connectivity index (χ0v) is 9.95. The van der Waals surface area contributed by atoms with E-state index in [1.165, 1.54) is 0 Å². The molecule has 0 fully saturated rings. The minimum absolute atomic E-state index is 0.0166. The van der Waals surface area contributed by atoms with Crippen molar-refractivity contribution in [3.8, 4) is 0 Å². The molecule has 0 aliphatic carbocycles. The molecule has 0 saturated heterocycles. The molecule has 15 heavy (non-hydrogen) atoms. The van der Waals surface area contributed by atoms with Crippen LogP contribution in [0.3, 0.4) is 0 Å². The molecule has 90 valence electrons. The molecule has 0 N–H and O–H groups in total. The van der Waals surface area contributed by atoms with Gasteiger partial charge in [0.2, 0.25) is 0 Å². The number of hydrogen-bond donors (Lipinski definition) is 0. The van der Waals surface area contributed by atoms with Crippen LogP contribution in [0.1, 0.15) is 40.0 Å². The Morgan fingerprint density at radius 1 is 1.13 bits per heavy atom. The lowest BCUT2D eigenvalue weighted by Gasteiger charge is -2.09. The predicted molar refractivity (Wildman–Crippen MR) is 57.2 cm³/mol. The summed E-state index contributed by atoms with van der Waals surface area (Å²) in [5.74, 6) is -0.125. The molecule has 4 nitrogen and oxygen atoms in total. The van der Waals surface area contributed by atoms with Crippen molar-refractivity contribution in [2.24, 2.45) is 5.92 Å². The third-order valence-corrected chi connectivity index (χ3v) is 2.00. The van der Waals surface area contributed by atoms with E-state index in [-0.39, 0.29) is 11.9 Å². The average molecular weight is 218 g/mol. The standard InChI is InChI=1S/C11H22O4/c1-4-13-11(12)10(3)8-6-7-9-15-14-5-2/h10H,4-9H2,1-3H3. The molecule has 0 aromatic rings. The van der Waals surface area contributed by atoms with Gasteiger partial charge in [-0.15, -0.1) is 0 Å². The fraction of sp³-hybridized carbons (Fsp3) is 0.909. The number of rotatable bonds is 9. The molecule has 4 heteroatoms. The smallest absolute Gasteiger partial charge is 0.308 e. The monoisotopic (exact) mass is 218 g/mol. The summed E-state index contributed by atoms with van der Waals surface area (Å²) >= 11 is 0. The minimum atomic E-state index is -0.108. The van der Waals surface area contributed by atoms with Crippen LogP contribution in [0, 0.1) is 5.92 Å². The molecule has 0 spiro atoms. The Bertz CT molecular complexity index is 159. The van der Waals surface area contributed by atoms with E-state index in [0.29, 0.717) is 19.8 Å². The van der Waals surface area contributed by atoms with Gasteiger partial charge in [-0.2, -0.15) is 0 Å². The highest BCUT2D eigenvalue weighted by atomic mass is 17.2. The zero-order chi connectivity index (χ0) is 11.5. The van der Waals surface area contributed by atoms with E-state index in [1.807, 2.05) is 20.8 Å². The molecule has 0 rings (SSSR count). The Balaban J connectivity index is 3.30. The van der Waals surface area contributed by atoms with Crippen molar-refractivity contribution >= 4 is 5.97 Å². The normalized spacial score (nSPS) is 12.5. The van der Waals surface area contributed by atoms with Crippen LogP contribution in [0.5, 0.6) is 0 Å². The van der Waals surface area contributed by atoms with Crippen LogP contribution >= 0.6 is 0 Å². The summed E-state index contributed by atoms with van der Waals surface area (Å²) in [6, 6.07) is 0. The highest BCUT2D eigenvalue weighted by Gasteiger charge is 2.12. The SMILES string of the molecule is CCOOCCCCC(C)C(=O)OCC. The molecule has 0 radical (unpaired) electrons. The average Bonchev–Trinajstić information content (AvgIpc) is 2.23. The van der Waals surface area contributed by atoms with Crippen molar-refractivity contribution in [2.45, 2.75) is 40.0 Å². The van der Waals surface area contributed by atoms with Crippen molar-refractivity contribution in [3.05, 3.63) is 0 Å². The third-order valence-electron chi connectivity index (χ3n) is 2.00. The van der Waals surface area contributed by atoms with E-state index in [4.69, 9.17) is 14.5 Å². The van der Waals surface area contributed by atoms with Crippen molar-refractivity contribution in [1.29, 1.82) is 0 Å². The molecule has 0 heterocycles. The summed E-state index contributed by atoms with van der Waals surface area (Å²) in [6.45, 7) is 7.20. The molecular weight excluding hydrogens is 196 g/mol. The lowest BCUT2D eigenvalue weighted by atomic mass is 10.0. The summed E-state index contributed by atoms with van der Waals surface area (Å²) < 4.78 is 4.90. The summed E-state index contributed by atoms with van der Waals surface area (Å²) in [4.78, 5) is 20.8. The lowest BCUT2D eigenvalue weighted by molar-refractivity contribution is -0.291. The molecule has 1 atom stereocenters. The van der Waals surface area contributed by atoms with Crippen LogP contribution in [0.2, 0.25) is 0 Å². The maximum absolute atomic E-state index is 11.2. The van der Waals surface area contributed by atoms with Gasteiger partial charge in [0.25, 0.3) is 0 Å². The zero-order valence-electron chi connectivity index (χ0n) is 9.95. The topological polar surface area (TPSA) is 44.8 Å². The molecular formula is C11H22O4. The van der Waals surface area contributed by atoms with Gasteiger partial charge >= 0.3 is 5.97 Å². The third kappa shape index (κ3) is 8.39. The molecule has 0 amide bonds. The second kappa shape index (κ2) is 9.93. The number of hydrogen-bond acceptors (Lipinski definition) is 4. The summed E-state index contributed by atoms with van der Waals surface area (Å²) in [6.07, 6.45) is 2.70. The van der Waals surface area contributed by atoms with Crippen LogP contribution in [0.4, 0.5) is 0 Å². The van der Waals surface area contributed by atoms with E-state index in [0.717, 1.165) is 19.3 Å². The first kappa shape index (κ1) is 14.4. The largest absolute Gasteiger partial charge is 0.466 e. The van der Waals surface area contributed by atoms with Gasteiger partial charge in [0.15, 0.2) is 0 Å². The van der Waals surface area contributed by atoms with Crippen molar-refractivity contribution in [1.82, 2.24) is 0 Å². The van der Waals surface area contributed by atoms with Gasteiger partial charge in [-0.25, -0.2) is 9.78 Å². The van der Waals surface area contributed by atoms with Gasteiger partial charge in [0.1, 0.15) is 0 Å². The molecule has 1 unspecified atom stereocenters. The molecule has 0 aliphatic heterocycles. The Morgan fingerprint density at radius 3 is 2.47 bits per heavy atom. The Labute approximate surface area is 91.8 Å². The first-order valence-corrected chi connectivity index (χ1v) is 5.63. The van der Waals surface area contributed by atoms with Crippen LogP contribution in [-0.2, 0) is 19.3 Å². The number of esters is 1. The molecule has 0 aliphatic rings. The summed E-state index contributed by atoms with van der Waals surface area (Å²) in [5, 5.41) is 0. The summed E-state index contributed by atoms with van der Waals surface area (Å²) in [5.41, 5.74) is 0. The maximum Gasteiger partial charge on any atom is 0.308 e. The van der Waals surface area contributed by atoms with E-state index in [2.05, 4.69) is 0 Å². The number of carbonyl (C=O) groups excluding carboxylic acids is 1. The molecule has 0 bridgehead atoms. The van der Waals surface area contributed by atoms with Gasteiger partial charge in [-0.05, 0) is 26.7 Å². The second-order valence-corrected chi connectivity index (χ2v) is 3.38.